The minimum Gasteiger partial charge on any atom is -0.462 e. The van der Waals surface area contributed by atoms with E-state index >= 15 is 0 Å². The van der Waals surface area contributed by atoms with Crippen molar-refractivity contribution in [2.45, 2.75) is 13.8 Å². The van der Waals surface area contributed by atoms with Crippen molar-refractivity contribution in [3.63, 3.8) is 0 Å². The smallest absolute Gasteiger partial charge is 0.339 e. The predicted octanol–water partition coefficient (Wildman–Crippen LogP) is 0.238. The van der Waals surface area contributed by atoms with Gasteiger partial charge in [-0.05, 0) is 26.0 Å². The Morgan fingerprint density at radius 3 is 1.32 bits per heavy atom. The second-order valence-electron chi connectivity index (χ2n) is 4.11. The van der Waals surface area contributed by atoms with Crippen molar-refractivity contribution < 1.29 is 28.7 Å². The monoisotopic (exact) mass is 308 g/mol. The van der Waals surface area contributed by atoms with Crippen molar-refractivity contribution in [1.29, 1.82) is 0 Å². The van der Waals surface area contributed by atoms with E-state index < -0.39 is 23.8 Å². The van der Waals surface area contributed by atoms with E-state index in [0.717, 1.165) is 12.1 Å². The van der Waals surface area contributed by atoms with Gasteiger partial charge in [-0.2, -0.15) is 0 Å². The minimum atomic E-state index is -0.963. The number of esters is 2. The van der Waals surface area contributed by atoms with Crippen LogP contribution in [0.25, 0.3) is 0 Å². The fourth-order valence-electron chi connectivity index (χ4n) is 1.76. The number of ether oxygens (including phenoxy) is 2. The summed E-state index contributed by atoms with van der Waals surface area (Å²) in [5.74, 6) is -3.61. The van der Waals surface area contributed by atoms with Gasteiger partial charge in [0.2, 0.25) is 11.8 Å². The Balaban J connectivity index is 3.59. The largest absolute Gasteiger partial charge is 0.462 e. The molecule has 0 spiro atoms. The lowest BCUT2D eigenvalue weighted by Crippen LogP contribution is -2.24. The third-order valence-electron chi connectivity index (χ3n) is 2.68. The van der Waals surface area contributed by atoms with Crippen LogP contribution < -0.4 is 11.5 Å². The highest BCUT2D eigenvalue weighted by Crippen LogP contribution is 2.19. The Hall–Kier alpha value is -2.90. The third kappa shape index (κ3) is 3.60. The lowest BCUT2D eigenvalue weighted by atomic mass is 9.97. The first-order valence-corrected chi connectivity index (χ1v) is 6.45. The van der Waals surface area contributed by atoms with Gasteiger partial charge in [0.15, 0.2) is 0 Å². The van der Waals surface area contributed by atoms with Crippen LogP contribution in [-0.2, 0) is 9.47 Å². The van der Waals surface area contributed by atoms with Crippen LogP contribution in [0.3, 0.4) is 0 Å². The Labute approximate surface area is 126 Å². The van der Waals surface area contributed by atoms with Gasteiger partial charge in [-0.1, -0.05) is 0 Å². The zero-order valence-corrected chi connectivity index (χ0v) is 12.2. The Bertz CT molecular complexity index is 583. The Kier molecular flexibility index (Phi) is 5.62. The van der Waals surface area contributed by atoms with E-state index in [9.17, 15) is 19.2 Å². The third-order valence-corrected chi connectivity index (χ3v) is 2.68. The van der Waals surface area contributed by atoms with E-state index in [1.165, 1.54) is 0 Å². The molecule has 2 amide bonds. The molecule has 8 heteroatoms. The summed E-state index contributed by atoms with van der Waals surface area (Å²) < 4.78 is 9.63. The SMILES string of the molecule is CCOC(=O)c1cc(C(N)=O)c(C(N)=O)cc1C(=O)OCC. The highest BCUT2D eigenvalue weighted by atomic mass is 16.5. The summed E-state index contributed by atoms with van der Waals surface area (Å²) in [6, 6.07) is 2.01. The molecule has 4 N–H and O–H groups in total. The summed E-state index contributed by atoms with van der Waals surface area (Å²) in [7, 11) is 0. The lowest BCUT2D eigenvalue weighted by molar-refractivity contribution is 0.0478. The van der Waals surface area contributed by atoms with Crippen LogP contribution in [0.2, 0.25) is 0 Å². The molecule has 1 aromatic rings. The normalized spacial score (nSPS) is 9.91. The Morgan fingerprint density at radius 1 is 0.773 bits per heavy atom. The molecule has 0 heterocycles. The molecule has 1 rings (SSSR count). The number of amides is 2. The van der Waals surface area contributed by atoms with Crippen molar-refractivity contribution in [3.05, 3.63) is 34.4 Å². The first kappa shape index (κ1) is 17.2. The number of hydrogen-bond donors (Lipinski definition) is 2. The number of rotatable bonds is 6. The molecule has 0 saturated carbocycles. The number of primary amides is 2. The average molecular weight is 308 g/mol. The average Bonchev–Trinajstić information content (AvgIpc) is 2.46. The molecule has 8 nitrogen and oxygen atoms in total. The maximum Gasteiger partial charge on any atom is 0.339 e. The highest BCUT2D eigenvalue weighted by molar-refractivity contribution is 6.11. The van der Waals surface area contributed by atoms with Crippen LogP contribution >= 0.6 is 0 Å². The van der Waals surface area contributed by atoms with Gasteiger partial charge in [0.1, 0.15) is 0 Å². The van der Waals surface area contributed by atoms with Crippen LogP contribution in [0.1, 0.15) is 55.3 Å². The van der Waals surface area contributed by atoms with Gasteiger partial charge >= 0.3 is 11.9 Å². The van der Waals surface area contributed by atoms with E-state index in [1.807, 2.05) is 0 Å². The summed E-state index contributed by atoms with van der Waals surface area (Å²) in [5, 5.41) is 0. The molecule has 0 atom stereocenters. The lowest BCUT2D eigenvalue weighted by Gasteiger charge is -2.12. The number of carbonyl (C=O) groups excluding carboxylic acids is 4. The van der Waals surface area contributed by atoms with Crippen molar-refractivity contribution >= 4 is 23.8 Å². The van der Waals surface area contributed by atoms with E-state index in [0.29, 0.717) is 0 Å². The van der Waals surface area contributed by atoms with Crippen LogP contribution in [0.5, 0.6) is 0 Å². The molecule has 118 valence electrons. The number of hydrogen-bond acceptors (Lipinski definition) is 6. The maximum absolute atomic E-state index is 11.9. The second kappa shape index (κ2) is 7.21. The summed E-state index contributed by atoms with van der Waals surface area (Å²) in [6.45, 7) is 3.28. The van der Waals surface area contributed by atoms with Gasteiger partial charge in [0.05, 0.1) is 35.5 Å². The molecule has 0 aliphatic heterocycles. The van der Waals surface area contributed by atoms with Gasteiger partial charge in [-0.3, -0.25) is 9.59 Å². The quantitative estimate of drug-likeness (QED) is 0.721. The fourth-order valence-corrected chi connectivity index (χ4v) is 1.76. The molecule has 0 radical (unpaired) electrons. The summed E-state index contributed by atoms with van der Waals surface area (Å²) in [5.41, 5.74) is 9.34. The highest BCUT2D eigenvalue weighted by Gasteiger charge is 2.25. The van der Waals surface area contributed by atoms with Crippen molar-refractivity contribution in [2.75, 3.05) is 13.2 Å². The van der Waals surface area contributed by atoms with Crippen molar-refractivity contribution in [3.8, 4) is 0 Å². The topological polar surface area (TPSA) is 139 Å². The molecule has 0 aromatic heterocycles. The van der Waals surface area contributed by atoms with Crippen molar-refractivity contribution in [2.24, 2.45) is 11.5 Å². The standard InChI is InChI=1S/C14H16N2O6/c1-3-21-13(19)9-5-7(11(15)17)8(12(16)18)6-10(9)14(20)22-4-2/h5-6H,3-4H2,1-2H3,(H2,15,17)(H2,16,18). The van der Waals surface area contributed by atoms with E-state index in [-0.39, 0.29) is 35.5 Å². The van der Waals surface area contributed by atoms with Gasteiger partial charge in [-0.25, -0.2) is 9.59 Å². The van der Waals surface area contributed by atoms with Crippen LogP contribution in [0.15, 0.2) is 12.1 Å². The maximum atomic E-state index is 11.9. The molecular formula is C14H16N2O6. The molecule has 0 bridgehead atoms. The number of benzene rings is 1. The Morgan fingerprint density at radius 2 is 1.09 bits per heavy atom. The van der Waals surface area contributed by atoms with Crippen molar-refractivity contribution in [1.82, 2.24) is 0 Å². The van der Waals surface area contributed by atoms with Gasteiger partial charge in [0, 0.05) is 0 Å². The van der Waals surface area contributed by atoms with Crippen LogP contribution in [0.4, 0.5) is 0 Å². The molecule has 0 unspecified atom stereocenters. The summed E-state index contributed by atoms with van der Waals surface area (Å²) in [4.78, 5) is 46.7. The first-order chi connectivity index (χ1) is 10.3. The zero-order chi connectivity index (χ0) is 16.9. The van der Waals surface area contributed by atoms with Crippen LogP contribution in [0, 0.1) is 0 Å². The molecular weight excluding hydrogens is 292 g/mol. The van der Waals surface area contributed by atoms with Crippen LogP contribution in [-0.4, -0.2) is 37.0 Å². The molecule has 0 saturated heterocycles. The molecule has 0 aliphatic rings. The molecule has 0 fully saturated rings. The second-order valence-corrected chi connectivity index (χ2v) is 4.11. The van der Waals surface area contributed by atoms with E-state index in [2.05, 4.69) is 0 Å². The van der Waals surface area contributed by atoms with Gasteiger partial charge < -0.3 is 20.9 Å². The molecule has 1 aromatic carbocycles. The van der Waals surface area contributed by atoms with E-state index in [1.54, 1.807) is 13.8 Å². The first-order valence-electron chi connectivity index (χ1n) is 6.45. The summed E-state index contributed by atoms with van der Waals surface area (Å²) >= 11 is 0. The summed E-state index contributed by atoms with van der Waals surface area (Å²) in [6.07, 6.45) is 0. The fraction of sp³-hybridized carbons (Fsp3) is 0.286. The van der Waals surface area contributed by atoms with E-state index in [4.69, 9.17) is 20.9 Å². The predicted molar refractivity (Wildman–Crippen MR) is 75.4 cm³/mol. The molecule has 22 heavy (non-hydrogen) atoms. The number of nitrogens with two attached hydrogens (primary N) is 2. The number of carbonyl (C=O) groups is 4. The zero-order valence-electron chi connectivity index (χ0n) is 12.2. The van der Waals surface area contributed by atoms with Gasteiger partial charge in [-0.15, -0.1) is 0 Å². The van der Waals surface area contributed by atoms with Gasteiger partial charge in [0.25, 0.3) is 0 Å². The minimum absolute atomic E-state index is 0.0601. The molecule has 0 aliphatic carbocycles.